The van der Waals surface area contributed by atoms with Crippen LogP contribution in [0.3, 0.4) is 0 Å². The van der Waals surface area contributed by atoms with Gasteiger partial charge in [0.25, 0.3) is 0 Å². The van der Waals surface area contributed by atoms with Crippen LogP contribution in [0.25, 0.3) is 0 Å². The van der Waals surface area contributed by atoms with Crippen molar-refractivity contribution in [1.29, 1.82) is 0 Å². The van der Waals surface area contributed by atoms with Gasteiger partial charge in [0, 0.05) is 11.6 Å². The predicted molar refractivity (Wildman–Crippen MR) is 74.8 cm³/mol. The predicted octanol–water partition coefficient (Wildman–Crippen LogP) is 2.84. The summed E-state index contributed by atoms with van der Waals surface area (Å²) in [6.45, 7) is 3.14. The van der Waals surface area contributed by atoms with Crippen LogP contribution >= 0.6 is 23.2 Å². The van der Waals surface area contributed by atoms with Crippen molar-refractivity contribution in [2.45, 2.75) is 13.0 Å². The maximum absolute atomic E-state index is 6.00. The van der Waals surface area contributed by atoms with Gasteiger partial charge < -0.3 is 10.1 Å². The van der Waals surface area contributed by atoms with E-state index in [0.29, 0.717) is 28.9 Å². The fraction of sp³-hybridized carbons (Fsp3) is 0.333. The summed E-state index contributed by atoms with van der Waals surface area (Å²) < 4.78 is 5.56. The molecule has 0 bridgehead atoms. The third-order valence-corrected chi connectivity index (χ3v) is 3.06. The van der Waals surface area contributed by atoms with Crippen molar-refractivity contribution in [3.05, 3.63) is 40.4 Å². The number of H-pyrrole nitrogens is 1. The lowest BCUT2D eigenvalue weighted by Gasteiger charge is -2.12. The van der Waals surface area contributed by atoms with Crippen LogP contribution < -0.4 is 10.1 Å². The Morgan fingerprint density at radius 2 is 2.26 bits per heavy atom. The first kappa shape index (κ1) is 14.1. The molecule has 0 fully saturated rings. The Hall–Kier alpha value is -1.30. The number of aromatic amines is 1. The number of nitrogens with zero attached hydrogens (tertiary/aromatic N) is 2. The molecule has 19 heavy (non-hydrogen) atoms. The molecule has 2 N–H and O–H groups in total. The highest BCUT2D eigenvalue weighted by Gasteiger charge is 2.08. The summed E-state index contributed by atoms with van der Waals surface area (Å²) in [5.41, 5.74) is 0. The molecule has 2 aromatic rings. The van der Waals surface area contributed by atoms with Crippen LogP contribution in [-0.2, 0) is 0 Å². The summed E-state index contributed by atoms with van der Waals surface area (Å²) in [5.74, 6) is 1.35. The molecule has 0 aliphatic carbocycles. The summed E-state index contributed by atoms with van der Waals surface area (Å²) in [6, 6.07) is 5.22. The lowest BCUT2D eigenvalue weighted by atomic mass is 10.3. The van der Waals surface area contributed by atoms with Crippen molar-refractivity contribution < 1.29 is 4.74 Å². The molecule has 0 saturated carbocycles. The van der Waals surface area contributed by atoms with Crippen molar-refractivity contribution in [1.82, 2.24) is 20.5 Å². The van der Waals surface area contributed by atoms with Crippen molar-refractivity contribution in [2.24, 2.45) is 0 Å². The highest BCUT2D eigenvalue weighted by atomic mass is 35.5. The molecule has 2 rings (SSSR count). The molecule has 1 atom stereocenters. The van der Waals surface area contributed by atoms with Crippen molar-refractivity contribution in [2.75, 3.05) is 13.2 Å². The number of hydrogen-bond acceptors (Lipinski definition) is 4. The Morgan fingerprint density at radius 1 is 1.42 bits per heavy atom. The topological polar surface area (TPSA) is 62.8 Å². The van der Waals surface area contributed by atoms with Gasteiger partial charge in [-0.3, -0.25) is 5.10 Å². The summed E-state index contributed by atoms with van der Waals surface area (Å²) >= 11 is 11.8. The molecule has 7 heteroatoms. The number of rotatable bonds is 6. The first-order valence-corrected chi connectivity index (χ1v) is 6.59. The smallest absolute Gasteiger partial charge is 0.166 e. The van der Waals surface area contributed by atoms with Gasteiger partial charge >= 0.3 is 0 Å². The van der Waals surface area contributed by atoms with Gasteiger partial charge in [-0.05, 0) is 25.1 Å². The van der Waals surface area contributed by atoms with E-state index in [1.165, 1.54) is 0 Å². The van der Waals surface area contributed by atoms with E-state index in [-0.39, 0.29) is 6.04 Å². The number of halogens is 2. The summed E-state index contributed by atoms with van der Waals surface area (Å²) in [7, 11) is 0. The Labute approximate surface area is 121 Å². The van der Waals surface area contributed by atoms with Crippen LogP contribution in [0, 0.1) is 0 Å². The Balaban J connectivity index is 1.75. The van der Waals surface area contributed by atoms with Gasteiger partial charge in [0.05, 0.1) is 11.1 Å². The Morgan fingerprint density at radius 3 is 2.95 bits per heavy atom. The largest absolute Gasteiger partial charge is 0.491 e. The average molecular weight is 301 g/mol. The molecule has 0 radical (unpaired) electrons. The maximum atomic E-state index is 6.00. The van der Waals surface area contributed by atoms with Crippen LogP contribution in [0.4, 0.5) is 0 Å². The standard InChI is InChI=1S/C12H14Cl2N4O/c1-8(12-16-7-17-18-12)15-4-5-19-11-3-2-9(13)6-10(11)14/h2-3,6-8,15H,4-5H2,1H3,(H,16,17,18). The number of nitrogens with one attached hydrogen (secondary N) is 2. The second kappa shape index (κ2) is 6.75. The third kappa shape index (κ3) is 4.09. The van der Waals surface area contributed by atoms with Gasteiger partial charge in [-0.1, -0.05) is 23.2 Å². The average Bonchev–Trinajstić information content (AvgIpc) is 2.90. The van der Waals surface area contributed by atoms with E-state index < -0.39 is 0 Å². The van der Waals surface area contributed by atoms with Gasteiger partial charge in [0.2, 0.25) is 0 Å². The lowest BCUT2D eigenvalue weighted by molar-refractivity contribution is 0.306. The van der Waals surface area contributed by atoms with E-state index >= 15 is 0 Å². The molecule has 1 unspecified atom stereocenters. The van der Waals surface area contributed by atoms with Crippen LogP contribution in [0.2, 0.25) is 10.0 Å². The zero-order valence-corrected chi connectivity index (χ0v) is 11.9. The molecule has 0 aliphatic heterocycles. The minimum absolute atomic E-state index is 0.0653. The number of hydrogen-bond donors (Lipinski definition) is 2. The molecular weight excluding hydrogens is 287 g/mol. The fourth-order valence-corrected chi connectivity index (χ4v) is 2.01. The van der Waals surface area contributed by atoms with Crippen molar-refractivity contribution in [3.8, 4) is 5.75 Å². The number of aromatic nitrogens is 3. The van der Waals surface area contributed by atoms with Gasteiger partial charge in [0.15, 0.2) is 5.82 Å². The molecule has 5 nitrogen and oxygen atoms in total. The van der Waals surface area contributed by atoms with Gasteiger partial charge in [0.1, 0.15) is 18.7 Å². The number of benzene rings is 1. The maximum Gasteiger partial charge on any atom is 0.166 e. The summed E-state index contributed by atoms with van der Waals surface area (Å²) in [5, 5.41) is 11.0. The van der Waals surface area contributed by atoms with Gasteiger partial charge in [-0.2, -0.15) is 5.10 Å². The molecule has 0 aliphatic rings. The zero-order chi connectivity index (χ0) is 13.7. The molecule has 1 aromatic carbocycles. The number of ether oxygens (including phenoxy) is 1. The van der Waals surface area contributed by atoms with Crippen LogP contribution in [0.15, 0.2) is 24.5 Å². The quantitative estimate of drug-likeness (QED) is 0.805. The molecule has 0 spiro atoms. The van der Waals surface area contributed by atoms with Crippen LogP contribution in [0.1, 0.15) is 18.8 Å². The van der Waals surface area contributed by atoms with Crippen LogP contribution in [-0.4, -0.2) is 28.3 Å². The second-order valence-corrected chi connectivity index (χ2v) is 4.80. The molecule has 102 valence electrons. The lowest BCUT2D eigenvalue weighted by Crippen LogP contribution is -2.25. The zero-order valence-electron chi connectivity index (χ0n) is 10.4. The molecule has 1 aromatic heterocycles. The summed E-state index contributed by atoms with van der Waals surface area (Å²) in [4.78, 5) is 4.07. The van der Waals surface area contributed by atoms with Crippen LogP contribution in [0.5, 0.6) is 5.75 Å². The monoisotopic (exact) mass is 300 g/mol. The SMILES string of the molecule is CC(NCCOc1ccc(Cl)cc1Cl)c1nc[nH]n1. The first-order chi connectivity index (χ1) is 9.16. The molecule has 0 amide bonds. The van der Waals surface area contributed by atoms with Gasteiger partial charge in [-0.25, -0.2) is 4.98 Å². The van der Waals surface area contributed by atoms with E-state index in [1.54, 1.807) is 24.5 Å². The minimum Gasteiger partial charge on any atom is -0.491 e. The van der Waals surface area contributed by atoms with E-state index in [1.807, 2.05) is 6.92 Å². The normalized spacial score (nSPS) is 12.4. The van der Waals surface area contributed by atoms with Crippen molar-refractivity contribution in [3.63, 3.8) is 0 Å². The van der Waals surface area contributed by atoms with Crippen molar-refractivity contribution >= 4 is 23.2 Å². The third-order valence-electron chi connectivity index (χ3n) is 2.53. The Kier molecular flexibility index (Phi) is 5.01. The highest BCUT2D eigenvalue weighted by Crippen LogP contribution is 2.27. The first-order valence-electron chi connectivity index (χ1n) is 5.83. The second-order valence-electron chi connectivity index (χ2n) is 3.96. The molecule has 0 saturated heterocycles. The minimum atomic E-state index is 0.0653. The molecular formula is C12H14Cl2N4O. The van der Waals surface area contributed by atoms with Gasteiger partial charge in [-0.15, -0.1) is 0 Å². The fourth-order valence-electron chi connectivity index (χ4n) is 1.55. The highest BCUT2D eigenvalue weighted by molar-refractivity contribution is 6.35. The van der Waals surface area contributed by atoms with E-state index in [4.69, 9.17) is 27.9 Å². The van der Waals surface area contributed by atoms with E-state index in [0.717, 1.165) is 5.82 Å². The molecule has 1 heterocycles. The van der Waals surface area contributed by atoms with E-state index in [9.17, 15) is 0 Å². The summed E-state index contributed by atoms with van der Waals surface area (Å²) in [6.07, 6.45) is 1.55. The van der Waals surface area contributed by atoms with E-state index in [2.05, 4.69) is 20.5 Å². The Bertz CT molecular complexity index is 518.